The van der Waals surface area contributed by atoms with Crippen LogP contribution >= 0.6 is 0 Å². The standard InChI is InChI=1S/C22H19F3N4O3S/c1-27-21(26)20(13-2-4-15(23)5-3-13)33(31,32)12-14-10-17(7-8-18(14)25)29-22(30)19-9-6-16(24)11-28-19/h2-11,20H,12H2,1H3,(H2,26,27)(H,29,30). The van der Waals surface area contributed by atoms with Crippen molar-refractivity contribution >= 4 is 27.3 Å². The molecule has 2 aromatic carbocycles. The number of amidine groups is 1. The Kier molecular flexibility index (Phi) is 7.12. The van der Waals surface area contributed by atoms with E-state index < -0.39 is 44.2 Å². The molecule has 7 nitrogen and oxygen atoms in total. The summed E-state index contributed by atoms with van der Waals surface area (Å²) in [5.74, 6) is -3.70. The number of aromatic nitrogens is 1. The maximum atomic E-state index is 14.5. The van der Waals surface area contributed by atoms with E-state index in [0.29, 0.717) is 0 Å². The highest BCUT2D eigenvalue weighted by atomic mass is 32.2. The van der Waals surface area contributed by atoms with Crippen LogP contribution in [0, 0.1) is 17.5 Å². The van der Waals surface area contributed by atoms with Crippen LogP contribution in [0.3, 0.4) is 0 Å². The van der Waals surface area contributed by atoms with E-state index in [1.165, 1.54) is 31.3 Å². The molecule has 0 aliphatic rings. The highest BCUT2D eigenvalue weighted by Gasteiger charge is 2.32. The number of sulfone groups is 1. The van der Waals surface area contributed by atoms with Gasteiger partial charge in [0.1, 0.15) is 34.2 Å². The summed E-state index contributed by atoms with van der Waals surface area (Å²) in [7, 11) is -2.86. The molecule has 0 aliphatic carbocycles. The van der Waals surface area contributed by atoms with Crippen molar-refractivity contribution in [2.24, 2.45) is 10.7 Å². The summed E-state index contributed by atoms with van der Waals surface area (Å²) in [5.41, 5.74) is 5.80. The number of nitrogens with zero attached hydrogens (tertiary/aromatic N) is 2. The summed E-state index contributed by atoms with van der Waals surface area (Å²) < 4.78 is 67.1. The van der Waals surface area contributed by atoms with E-state index in [0.717, 1.165) is 36.5 Å². The van der Waals surface area contributed by atoms with Crippen LogP contribution in [0.2, 0.25) is 0 Å². The zero-order valence-corrected chi connectivity index (χ0v) is 18.1. The Morgan fingerprint density at radius 2 is 1.73 bits per heavy atom. The topological polar surface area (TPSA) is 115 Å². The van der Waals surface area contributed by atoms with Gasteiger partial charge in [-0.15, -0.1) is 0 Å². The number of nitrogens with one attached hydrogen (secondary N) is 1. The van der Waals surface area contributed by atoms with Gasteiger partial charge in [0.15, 0.2) is 9.84 Å². The number of aliphatic imine (C=N–C) groups is 1. The predicted molar refractivity (Wildman–Crippen MR) is 118 cm³/mol. The second-order valence-corrected chi connectivity index (χ2v) is 9.10. The maximum absolute atomic E-state index is 14.5. The number of rotatable bonds is 7. The summed E-state index contributed by atoms with van der Waals surface area (Å²) in [6, 6.07) is 10.3. The number of amides is 1. The Bertz CT molecular complexity index is 1300. The van der Waals surface area contributed by atoms with Crippen LogP contribution in [0.1, 0.15) is 26.9 Å². The van der Waals surface area contributed by atoms with E-state index in [4.69, 9.17) is 5.73 Å². The van der Waals surface area contributed by atoms with E-state index in [-0.39, 0.29) is 28.3 Å². The van der Waals surface area contributed by atoms with Crippen LogP contribution < -0.4 is 11.1 Å². The Balaban J connectivity index is 1.89. The average Bonchev–Trinajstić information content (AvgIpc) is 2.77. The van der Waals surface area contributed by atoms with E-state index in [9.17, 15) is 26.4 Å². The van der Waals surface area contributed by atoms with E-state index >= 15 is 0 Å². The van der Waals surface area contributed by atoms with E-state index in [1.807, 2.05) is 0 Å². The molecule has 172 valence electrons. The molecule has 0 bridgehead atoms. The number of anilines is 1. The summed E-state index contributed by atoms with van der Waals surface area (Å²) >= 11 is 0. The third-order valence-electron chi connectivity index (χ3n) is 4.68. The molecule has 3 N–H and O–H groups in total. The zero-order valence-electron chi connectivity index (χ0n) is 17.3. The second-order valence-electron chi connectivity index (χ2n) is 7.01. The molecule has 0 saturated carbocycles. The SMILES string of the molecule is CN=C(N)C(c1ccc(F)cc1)S(=O)(=O)Cc1cc(NC(=O)c2ccc(F)cn2)ccc1F. The molecule has 1 atom stereocenters. The van der Waals surface area contributed by atoms with Gasteiger partial charge in [0.2, 0.25) is 0 Å². The van der Waals surface area contributed by atoms with Crippen LogP contribution in [0.4, 0.5) is 18.9 Å². The van der Waals surface area contributed by atoms with Crippen molar-refractivity contribution in [2.45, 2.75) is 11.0 Å². The molecular weight excluding hydrogens is 457 g/mol. The molecule has 1 amide bonds. The van der Waals surface area contributed by atoms with Crippen molar-refractivity contribution in [3.8, 4) is 0 Å². The summed E-state index contributed by atoms with van der Waals surface area (Å²) in [4.78, 5) is 19.7. The summed E-state index contributed by atoms with van der Waals surface area (Å²) in [6.45, 7) is 0. The molecule has 0 saturated heterocycles. The quantitative estimate of drug-likeness (QED) is 0.401. The minimum absolute atomic E-state index is 0.0850. The highest BCUT2D eigenvalue weighted by Crippen LogP contribution is 2.28. The number of benzene rings is 2. The van der Waals surface area contributed by atoms with Gasteiger partial charge in [-0.05, 0) is 48.0 Å². The summed E-state index contributed by atoms with van der Waals surface area (Å²) in [6.07, 6.45) is 0.868. The number of carbonyl (C=O) groups is 1. The molecule has 11 heteroatoms. The number of carbonyl (C=O) groups excluding carboxylic acids is 1. The molecular formula is C22H19F3N4O3S. The van der Waals surface area contributed by atoms with E-state index in [2.05, 4.69) is 15.3 Å². The first-order chi connectivity index (χ1) is 15.6. The lowest BCUT2D eigenvalue weighted by Crippen LogP contribution is -2.30. The van der Waals surface area contributed by atoms with Crippen LogP contribution in [-0.2, 0) is 15.6 Å². The first kappa shape index (κ1) is 23.9. The minimum atomic E-state index is -4.16. The Morgan fingerprint density at radius 3 is 2.33 bits per heavy atom. The lowest BCUT2D eigenvalue weighted by molar-refractivity contribution is 0.102. The summed E-state index contributed by atoms with van der Waals surface area (Å²) in [5, 5.41) is 1.03. The molecule has 33 heavy (non-hydrogen) atoms. The zero-order chi connectivity index (χ0) is 24.2. The van der Waals surface area contributed by atoms with Gasteiger partial charge < -0.3 is 11.1 Å². The van der Waals surface area contributed by atoms with Crippen molar-refractivity contribution in [3.05, 3.63) is 95.1 Å². The molecule has 3 aromatic rings. The normalized spacial score (nSPS) is 12.9. The van der Waals surface area contributed by atoms with Gasteiger partial charge in [-0.1, -0.05) is 12.1 Å². The molecule has 1 heterocycles. The minimum Gasteiger partial charge on any atom is -0.386 e. The van der Waals surface area contributed by atoms with Crippen molar-refractivity contribution in [3.63, 3.8) is 0 Å². The largest absolute Gasteiger partial charge is 0.386 e. The molecule has 1 aromatic heterocycles. The first-order valence-electron chi connectivity index (χ1n) is 9.51. The van der Waals surface area contributed by atoms with Crippen molar-refractivity contribution in [1.82, 2.24) is 4.98 Å². The molecule has 0 aliphatic heterocycles. The molecule has 0 fully saturated rings. The lowest BCUT2D eigenvalue weighted by atomic mass is 10.1. The third-order valence-corrected chi connectivity index (χ3v) is 6.62. The van der Waals surface area contributed by atoms with Crippen LogP contribution in [0.15, 0.2) is 65.8 Å². The fourth-order valence-electron chi connectivity index (χ4n) is 3.09. The van der Waals surface area contributed by atoms with Crippen molar-refractivity contribution in [2.75, 3.05) is 12.4 Å². The fourth-order valence-corrected chi connectivity index (χ4v) is 4.95. The smallest absolute Gasteiger partial charge is 0.274 e. The fraction of sp³-hybridized carbons (Fsp3) is 0.136. The predicted octanol–water partition coefficient (Wildman–Crippen LogP) is 3.39. The van der Waals surface area contributed by atoms with Gasteiger partial charge in [-0.3, -0.25) is 9.79 Å². The van der Waals surface area contributed by atoms with E-state index in [1.54, 1.807) is 0 Å². The number of nitrogens with two attached hydrogens (primary N) is 1. The van der Waals surface area contributed by atoms with Crippen LogP contribution in [0.25, 0.3) is 0 Å². The maximum Gasteiger partial charge on any atom is 0.274 e. The number of hydrogen-bond acceptors (Lipinski definition) is 5. The highest BCUT2D eigenvalue weighted by molar-refractivity contribution is 7.91. The number of hydrogen-bond donors (Lipinski definition) is 2. The van der Waals surface area contributed by atoms with Gasteiger partial charge in [0, 0.05) is 18.3 Å². The molecule has 0 spiro atoms. The third kappa shape index (κ3) is 5.75. The van der Waals surface area contributed by atoms with Crippen LogP contribution in [0.5, 0.6) is 0 Å². The number of pyridine rings is 1. The average molecular weight is 476 g/mol. The Hall–Kier alpha value is -3.73. The Morgan fingerprint density at radius 1 is 1.06 bits per heavy atom. The van der Waals surface area contributed by atoms with Gasteiger partial charge >= 0.3 is 0 Å². The second kappa shape index (κ2) is 9.82. The molecule has 1 unspecified atom stereocenters. The monoisotopic (exact) mass is 476 g/mol. The van der Waals surface area contributed by atoms with Gasteiger partial charge in [0.05, 0.1) is 11.9 Å². The lowest BCUT2D eigenvalue weighted by Gasteiger charge is -2.18. The Labute approximate surface area is 188 Å². The van der Waals surface area contributed by atoms with Gasteiger partial charge in [-0.25, -0.2) is 26.6 Å². The number of halogens is 3. The van der Waals surface area contributed by atoms with Crippen molar-refractivity contribution in [1.29, 1.82) is 0 Å². The first-order valence-corrected chi connectivity index (χ1v) is 11.2. The van der Waals surface area contributed by atoms with Crippen LogP contribution in [-0.4, -0.2) is 32.2 Å². The molecule has 0 radical (unpaired) electrons. The van der Waals surface area contributed by atoms with Gasteiger partial charge in [0.25, 0.3) is 5.91 Å². The molecule has 3 rings (SSSR count). The van der Waals surface area contributed by atoms with Gasteiger partial charge in [-0.2, -0.15) is 0 Å². The van der Waals surface area contributed by atoms with Crippen molar-refractivity contribution < 1.29 is 26.4 Å².